The predicted octanol–water partition coefficient (Wildman–Crippen LogP) is 6.24. The van der Waals surface area contributed by atoms with E-state index in [1.807, 2.05) is 31.2 Å². The van der Waals surface area contributed by atoms with Crippen LogP contribution in [0.15, 0.2) is 41.5 Å². The molecule has 1 heterocycles. The van der Waals surface area contributed by atoms with Gasteiger partial charge in [-0.05, 0) is 61.4 Å². The first-order valence-corrected chi connectivity index (χ1v) is 10.9. The van der Waals surface area contributed by atoms with Crippen molar-refractivity contribution in [2.24, 2.45) is 10.9 Å². The first kappa shape index (κ1) is 20.9. The molecule has 1 aliphatic heterocycles. The Bertz CT molecular complexity index is 762. The normalized spacial score (nSPS) is 22.9. The Labute approximate surface area is 174 Å². The molecule has 0 spiro atoms. The summed E-state index contributed by atoms with van der Waals surface area (Å²) in [5.74, 6) is 0.517. The molecule has 1 amide bonds. The van der Waals surface area contributed by atoms with Crippen LogP contribution in [0.25, 0.3) is 6.08 Å². The summed E-state index contributed by atoms with van der Waals surface area (Å²) in [6.45, 7) is 5.01. The lowest BCUT2D eigenvalue weighted by Gasteiger charge is -2.31. The number of halogens is 1. The molecule has 2 fully saturated rings. The molecule has 0 N–H and O–H groups in total. The zero-order chi connectivity index (χ0) is 19.9. The summed E-state index contributed by atoms with van der Waals surface area (Å²) >= 11 is 6.59. The van der Waals surface area contributed by atoms with Crippen molar-refractivity contribution < 1.29 is 4.79 Å². The lowest BCUT2D eigenvalue weighted by Crippen LogP contribution is -2.39. The highest BCUT2D eigenvalue weighted by Gasteiger charge is 2.39. The van der Waals surface area contributed by atoms with Crippen molar-refractivity contribution in [1.29, 1.82) is 0 Å². The number of hydrogen-bond acceptors (Lipinski definition) is 2. The fourth-order valence-corrected chi connectivity index (χ4v) is 4.85. The summed E-state index contributed by atoms with van der Waals surface area (Å²) in [6, 6.07) is 6.55. The number of carbonyl (C=O) groups excluding carboxylic acids is 1. The molecular formula is C24H31ClN2O. The van der Waals surface area contributed by atoms with Gasteiger partial charge in [0, 0.05) is 35.9 Å². The van der Waals surface area contributed by atoms with Crippen LogP contribution in [-0.2, 0) is 4.79 Å². The third kappa shape index (κ3) is 4.94. The molecule has 3 nitrogen and oxygen atoms in total. The molecule has 4 heteroatoms. The zero-order valence-electron chi connectivity index (χ0n) is 17.0. The van der Waals surface area contributed by atoms with Crippen LogP contribution < -0.4 is 0 Å². The van der Waals surface area contributed by atoms with Crippen LogP contribution in [0, 0.1) is 5.92 Å². The van der Waals surface area contributed by atoms with Gasteiger partial charge in [-0.2, -0.15) is 0 Å². The van der Waals surface area contributed by atoms with Crippen LogP contribution in [0.4, 0.5) is 0 Å². The molecule has 150 valence electrons. The second kappa shape index (κ2) is 10.1. The van der Waals surface area contributed by atoms with Gasteiger partial charge in [-0.15, -0.1) is 0 Å². The number of benzene rings is 1. The molecule has 28 heavy (non-hydrogen) atoms. The van der Waals surface area contributed by atoms with E-state index in [0.29, 0.717) is 11.9 Å². The molecule has 3 rings (SSSR count). The maximum Gasteiger partial charge on any atom is 0.226 e. The molecule has 1 saturated carbocycles. The maximum absolute atomic E-state index is 13.1. The molecule has 1 aliphatic carbocycles. The number of carbonyl (C=O) groups is 1. The molecular weight excluding hydrogens is 368 g/mol. The minimum atomic E-state index is 0.0475. The molecule has 1 aromatic rings. The first-order valence-electron chi connectivity index (χ1n) is 10.5. The number of likely N-dealkylation sites (tertiary alicyclic amines) is 1. The Hall–Kier alpha value is -1.87. The van der Waals surface area contributed by atoms with Gasteiger partial charge in [-0.3, -0.25) is 9.79 Å². The van der Waals surface area contributed by atoms with Gasteiger partial charge in [0.2, 0.25) is 5.91 Å². The number of nitrogens with zero attached hydrogens (tertiary/aromatic N) is 2. The van der Waals surface area contributed by atoms with Gasteiger partial charge >= 0.3 is 0 Å². The van der Waals surface area contributed by atoms with Gasteiger partial charge in [0.15, 0.2) is 0 Å². The quantitative estimate of drug-likeness (QED) is 0.522. The Balaban J connectivity index is 1.67. The topological polar surface area (TPSA) is 32.7 Å². The molecule has 0 aromatic heterocycles. The van der Waals surface area contributed by atoms with Crippen molar-refractivity contribution in [2.75, 3.05) is 6.54 Å². The Kier molecular flexibility index (Phi) is 7.50. The van der Waals surface area contributed by atoms with E-state index in [0.717, 1.165) is 29.1 Å². The maximum atomic E-state index is 13.1. The Morgan fingerprint density at radius 1 is 1.21 bits per heavy atom. The number of allylic oxidation sites excluding steroid dienone is 2. The van der Waals surface area contributed by atoms with E-state index in [9.17, 15) is 4.79 Å². The van der Waals surface area contributed by atoms with Crippen LogP contribution in [0.2, 0.25) is 5.02 Å². The lowest BCUT2D eigenvalue weighted by atomic mass is 9.86. The van der Waals surface area contributed by atoms with Crippen molar-refractivity contribution in [3.63, 3.8) is 0 Å². The second-order valence-electron chi connectivity index (χ2n) is 7.93. The minimum Gasteiger partial charge on any atom is -0.339 e. The second-order valence-corrected chi connectivity index (χ2v) is 8.34. The van der Waals surface area contributed by atoms with E-state index in [1.165, 1.54) is 32.1 Å². The van der Waals surface area contributed by atoms with E-state index in [4.69, 9.17) is 11.6 Å². The van der Waals surface area contributed by atoms with Gasteiger partial charge in [-0.1, -0.05) is 56.0 Å². The fourth-order valence-electron chi connectivity index (χ4n) is 4.49. The fraction of sp³-hybridized carbons (Fsp3) is 0.500. The first-order chi connectivity index (χ1) is 13.6. The summed E-state index contributed by atoms with van der Waals surface area (Å²) in [6.07, 6.45) is 16.4. The highest BCUT2D eigenvalue weighted by Crippen LogP contribution is 2.38. The van der Waals surface area contributed by atoms with Crippen LogP contribution in [0.1, 0.15) is 69.4 Å². The smallest absolute Gasteiger partial charge is 0.226 e. The standard InChI is InChI=1S/C24H31ClN2O/c1-3-4-14-26-15-12-19-10-11-21(23(25)17-19)18(2)22-13-16-27(24(22)28)20-8-6-5-7-9-20/h3-4,10-12,14-15,17-18,20,22H,5-9,13,16H2,1-2H3/b4-3-,15-12+,26-14-. The Morgan fingerprint density at radius 2 is 2.00 bits per heavy atom. The van der Waals surface area contributed by atoms with Gasteiger partial charge in [0.25, 0.3) is 0 Å². The number of aliphatic imine (C=N–C) groups is 1. The van der Waals surface area contributed by atoms with Crippen molar-refractivity contribution in [3.8, 4) is 0 Å². The van der Waals surface area contributed by atoms with Crippen LogP contribution in [-0.4, -0.2) is 29.6 Å². The van der Waals surface area contributed by atoms with Crippen molar-refractivity contribution in [2.45, 2.75) is 64.3 Å². The summed E-state index contributed by atoms with van der Waals surface area (Å²) in [4.78, 5) is 19.4. The largest absolute Gasteiger partial charge is 0.339 e. The zero-order valence-corrected chi connectivity index (χ0v) is 17.7. The molecule has 2 aliphatic rings. The van der Waals surface area contributed by atoms with Crippen molar-refractivity contribution >= 4 is 29.8 Å². The SMILES string of the molecule is C\C=C/C=N\C=C\c1ccc(C(C)C2CCN(C3CCCCC3)C2=O)c(Cl)c1. The van der Waals surface area contributed by atoms with E-state index < -0.39 is 0 Å². The Morgan fingerprint density at radius 3 is 2.71 bits per heavy atom. The van der Waals surface area contributed by atoms with Crippen LogP contribution >= 0.6 is 11.6 Å². The average Bonchev–Trinajstić information content (AvgIpc) is 3.09. The number of rotatable bonds is 6. The minimum absolute atomic E-state index is 0.0475. The summed E-state index contributed by atoms with van der Waals surface area (Å²) in [7, 11) is 0. The van der Waals surface area contributed by atoms with Gasteiger partial charge < -0.3 is 4.90 Å². The monoisotopic (exact) mass is 398 g/mol. The van der Waals surface area contributed by atoms with Gasteiger partial charge in [0.05, 0.1) is 0 Å². The van der Waals surface area contributed by atoms with E-state index in [2.05, 4.69) is 28.9 Å². The van der Waals surface area contributed by atoms with Crippen LogP contribution in [0.5, 0.6) is 0 Å². The molecule has 1 aromatic carbocycles. The molecule has 1 saturated heterocycles. The summed E-state index contributed by atoms with van der Waals surface area (Å²) in [5, 5.41) is 0.732. The lowest BCUT2D eigenvalue weighted by molar-refractivity contribution is -0.133. The summed E-state index contributed by atoms with van der Waals surface area (Å²) < 4.78 is 0. The third-order valence-electron chi connectivity index (χ3n) is 6.13. The average molecular weight is 399 g/mol. The number of amides is 1. The van der Waals surface area contributed by atoms with E-state index >= 15 is 0 Å². The van der Waals surface area contributed by atoms with Crippen molar-refractivity contribution in [1.82, 2.24) is 4.90 Å². The molecule has 0 bridgehead atoms. The summed E-state index contributed by atoms with van der Waals surface area (Å²) in [5.41, 5.74) is 2.08. The third-order valence-corrected chi connectivity index (χ3v) is 6.46. The van der Waals surface area contributed by atoms with Gasteiger partial charge in [0.1, 0.15) is 0 Å². The molecule has 2 atom stereocenters. The molecule has 0 radical (unpaired) electrons. The van der Waals surface area contributed by atoms with E-state index in [1.54, 1.807) is 12.4 Å². The van der Waals surface area contributed by atoms with Crippen LogP contribution in [0.3, 0.4) is 0 Å². The van der Waals surface area contributed by atoms with Crippen molar-refractivity contribution in [3.05, 3.63) is 52.7 Å². The highest BCUT2D eigenvalue weighted by molar-refractivity contribution is 6.31. The number of hydrogen-bond donors (Lipinski definition) is 0. The van der Waals surface area contributed by atoms with E-state index in [-0.39, 0.29) is 11.8 Å². The highest BCUT2D eigenvalue weighted by atomic mass is 35.5. The van der Waals surface area contributed by atoms with Gasteiger partial charge in [-0.25, -0.2) is 0 Å². The predicted molar refractivity (Wildman–Crippen MR) is 119 cm³/mol. The molecule has 2 unspecified atom stereocenters.